The van der Waals surface area contributed by atoms with Crippen molar-refractivity contribution in [2.75, 3.05) is 13.7 Å². The first-order chi connectivity index (χ1) is 8.63. The van der Waals surface area contributed by atoms with E-state index in [-0.39, 0.29) is 16.3 Å². The Morgan fingerprint density at radius 3 is 2.78 bits per heavy atom. The van der Waals surface area contributed by atoms with Crippen LogP contribution in [0.15, 0.2) is 10.5 Å². The summed E-state index contributed by atoms with van der Waals surface area (Å²) < 4.78 is 32.7. The van der Waals surface area contributed by atoms with Gasteiger partial charge in [0.05, 0.1) is 11.6 Å². The van der Waals surface area contributed by atoms with Crippen molar-refractivity contribution in [3.05, 3.63) is 27.7 Å². The number of ether oxygens (including phenoxy) is 1. The molecule has 0 aromatic heterocycles. The molecule has 1 fully saturated rings. The molecular weight excluding hydrogens is 304 g/mol. The molecule has 1 aliphatic heterocycles. The molecule has 1 atom stereocenters. The summed E-state index contributed by atoms with van der Waals surface area (Å²) in [5, 5.41) is 3.35. The van der Waals surface area contributed by atoms with Crippen molar-refractivity contribution in [1.29, 1.82) is 0 Å². The minimum atomic E-state index is -0.685. The second-order valence-electron chi connectivity index (χ2n) is 4.53. The lowest BCUT2D eigenvalue weighted by molar-refractivity contribution is 0.351. The molecule has 5 heteroatoms. The summed E-state index contributed by atoms with van der Waals surface area (Å²) in [7, 11) is 1.27. The summed E-state index contributed by atoms with van der Waals surface area (Å²) in [5.74, 6) is -1.59. The van der Waals surface area contributed by atoms with Crippen LogP contribution in [0, 0.1) is 11.6 Å². The predicted octanol–water partition coefficient (Wildman–Crippen LogP) is 3.42. The van der Waals surface area contributed by atoms with Crippen LogP contribution in [0.5, 0.6) is 5.75 Å². The maximum absolute atomic E-state index is 14.1. The van der Waals surface area contributed by atoms with Crippen LogP contribution in [0.2, 0.25) is 0 Å². The molecule has 0 amide bonds. The molecule has 1 aliphatic rings. The normalized spacial score (nSPS) is 19.9. The van der Waals surface area contributed by atoms with Gasteiger partial charge in [0.15, 0.2) is 17.4 Å². The van der Waals surface area contributed by atoms with Crippen LogP contribution in [-0.2, 0) is 6.42 Å². The van der Waals surface area contributed by atoms with Crippen LogP contribution in [0.4, 0.5) is 8.78 Å². The third kappa shape index (κ3) is 2.83. The third-order valence-corrected chi connectivity index (χ3v) is 3.85. The highest BCUT2D eigenvalue weighted by Gasteiger charge is 2.21. The molecule has 1 aromatic rings. The van der Waals surface area contributed by atoms with Crippen LogP contribution >= 0.6 is 15.9 Å². The molecule has 0 aliphatic carbocycles. The molecule has 1 heterocycles. The predicted molar refractivity (Wildman–Crippen MR) is 70.0 cm³/mol. The van der Waals surface area contributed by atoms with Crippen LogP contribution in [0.25, 0.3) is 0 Å². The number of hydrogen-bond donors (Lipinski definition) is 1. The lowest BCUT2D eigenvalue weighted by Gasteiger charge is -2.24. The van der Waals surface area contributed by atoms with E-state index in [4.69, 9.17) is 4.74 Å². The van der Waals surface area contributed by atoms with Crippen molar-refractivity contribution in [2.45, 2.75) is 31.7 Å². The van der Waals surface area contributed by atoms with Crippen molar-refractivity contribution in [1.82, 2.24) is 5.32 Å². The molecule has 2 nitrogen and oxygen atoms in total. The number of nitrogens with one attached hydrogen (secondary N) is 1. The van der Waals surface area contributed by atoms with Crippen LogP contribution in [0.3, 0.4) is 0 Å². The van der Waals surface area contributed by atoms with E-state index in [2.05, 4.69) is 21.2 Å². The summed E-state index contributed by atoms with van der Waals surface area (Å²) in [4.78, 5) is 0. The average Bonchev–Trinajstić information content (AvgIpc) is 2.38. The largest absolute Gasteiger partial charge is 0.491 e. The van der Waals surface area contributed by atoms with Crippen molar-refractivity contribution in [3.8, 4) is 5.75 Å². The quantitative estimate of drug-likeness (QED) is 0.862. The van der Waals surface area contributed by atoms with Gasteiger partial charge in [-0.25, -0.2) is 8.78 Å². The molecule has 18 heavy (non-hydrogen) atoms. The van der Waals surface area contributed by atoms with Crippen molar-refractivity contribution < 1.29 is 13.5 Å². The molecule has 2 rings (SSSR count). The minimum absolute atomic E-state index is 0.242. The van der Waals surface area contributed by atoms with Crippen LogP contribution in [-0.4, -0.2) is 19.7 Å². The first kappa shape index (κ1) is 13.7. The van der Waals surface area contributed by atoms with E-state index in [9.17, 15) is 8.78 Å². The standard InChI is InChI=1S/C13H16BrF2NO/c1-18-13-11(15)8(7-10(14)12(13)16)6-9-4-2-3-5-17-9/h7,9,17H,2-6H2,1H3. The van der Waals surface area contributed by atoms with E-state index in [1.807, 2.05) is 0 Å². The molecule has 100 valence electrons. The molecule has 1 N–H and O–H groups in total. The molecule has 0 saturated carbocycles. The minimum Gasteiger partial charge on any atom is -0.491 e. The average molecular weight is 320 g/mol. The van der Waals surface area contributed by atoms with E-state index in [0.717, 1.165) is 25.8 Å². The van der Waals surface area contributed by atoms with E-state index < -0.39 is 11.6 Å². The molecule has 1 unspecified atom stereocenters. The van der Waals surface area contributed by atoms with Gasteiger partial charge in [0.1, 0.15) is 0 Å². The fourth-order valence-corrected chi connectivity index (χ4v) is 2.78. The zero-order valence-electron chi connectivity index (χ0n) is 10.2. The highest BCUT2D eigenvalue weighted by Crippen LogP contribution is 2.31. The lowest BCUT2D eigenvalue weighted by atomic mass is 9.97. The Kier molecular flexibility index (Phi) is 4.56. The van der Waals surface area contributed by atoms with Gasteiger partial charge in [-0.3, -0.25) is 0 Å². The fourth-order valence-electron chi connectivity index (χ4n) is 2.32. The number of methoxy groups -OCH3 is 1. The molecule has 0 radical (unpaired) electrons. The maximum Gasteiger partial charge on any atom is 0.191 e. The Morgan fingerprint density at radius 1 is 1.39 bits per heavy atom. The van der Waals surface area contributed by atoms with Gasteiger partial charge in [-0.1, -0.05) is 6.42 Å². The zero-order valence-corrected chi connectivity index (χ0v) is 11.8. The van der Waals surface area contributed by atoms with Gasteiger partial charge in [0, 0.05) is 6.04 Å². The lowest BCUT2D eigenvalue weighted by Crippen LogP contribution is -2.35. The monoisotopic (exact) mass is 319 g/mol. The highest BCUT2D eigenvalue weighted by atomic mass is 79.9. The SMILES string of the molecule is COc1c(F)c(Br)cc(CC2CCCCN2)c1F. The summed E-state index contributed by atoms with van der Waals surface area (Å²) in [6.45, 7) is 0.964. The van der Waals surface area contributed by atoms with Crippen LogP contribution < -0.4 is 10.1 Å². The smallest absolute Gasteiger partial charge is 0.191 e. The number of hydrogen-bond acceptors (Lipinski definition) is 2. The van der Waals surface area contributed by atoms with Gasteiger partial charge in [-0.15, -0.1) is 0 Å². The summed E-state index contributed by atoms with van der Waals surface area (Å²) in [5.41, 5.74) is 0.486. The van der Waals surface area contributed by atoms with Crippen LogP contribution in [0.1, 0.15) is 24.8 Å². The first-order valence-corrected chi connectivity index (χ1v) is 6.86. The Hall–Kier alpha value is -0.680. The zero-order chi connectivity index (χ0) is 13.1. The van der Waals surface area contributed by atoms with Crippen molar-refractivity contribution >= 4 is 15.9 Å². The Labute approximate surface area is 114 Å². The van der Waals surface area contributed by atoms with E-state index >= 15 is 0 Å². The molecule has 1 saturated heterocycles. The summed E-state index contributed by atoms with van der Waals surface area (Å²) in [6.07, 6.45) is 3.89. The fraction of sp³-hybridized carbons (Fsp3) is 0.538. The Morgan fingerprint density at radius 2 is 2.17 bits per heavy atom. The Balaban J connectivity index is 2.24. The van der Waals surface area contributed by atoms with Gasteiger partial charge in [-0.05, 0) is 53.4 Å². The molecule has 1 aromatic carbocycles. The van der Waals surface area contributed by atoms with E-state index in [1.165, 1.54) is 13.2 Å². The topological polar surface area (TPSA) is 21.3 Å². The van der Waals surface area contributed by atoms with Crippen molar-refractivity contribution in [3.63, 3.8) is 0 Å². The van der Waals surface area contributed by atoms with Gasteiger partial charge >= 0.3 is 0 Å². The second kappa shape index (κ2) is 5.97. The van der Waals surface area contributed by atoms with Gasteiger partial charge in [0.25, 0.3) is 0 Å². The maximum atomic E-state index is 14.1. The highest BCUT2D eigenvalue weighted by molar-refractivity contribution is 9.10. The van der Waals surface area contributed by atoms with Gasteiger partial charge in [-0.2, -0.15) is 0 Å². The first-order valence-electron chi connectivity index (χ1n) is 6.07. The van der Waals surface area contributed by atoms with E-state index in [0.29, 0.717) is 12.0 Å². The summed E-state index contributed by atoms with van der Waals surface area (Å²) >= 11 is 3.09. The Bertz CT molecular complexity index is 433. The number of benzene rings is 1. The van der Waals surface area contributed by atoms with Gasteiger partial charge in [0.2, 0.25) is 0 Å². The number of rotatable bonds is 3. The molecule has 0 bridgehead atoms. The number of halogens is 3. The van der Waals surface area contributed by atoms with E-state index in [1.54, 1.807) is 0 Å². The van der Waals surface area contributed by atoms with Gasteiger partial charge < -0.3 is 10.1 Å². The number of piperidine rings is 1. The third-order valence-electron chi connectivity index (χ3n) is 3.27. The molecular formula is C13H16BrF2NO. The van der Waals surface area contributed by atoms with Crippen molar-refractivity contribution in [2.24, 2.45) is 0 Å². The summed E-state index contributed by atoms with van der Waals surface area (Å²) in [6, 6.07) is 1.76. The second-order valence-corrected chi connectivity index (χ2v) is 5.38. The molecule has 0 spiro atoms.